The van der Waals surface area contributed by atoms with Gasteiger partial charge in [0.1, 0.15) is 10.6 Å². The number of fused-ring (bicyclic) bond motifs is 1. The molecule has 0 aliphatic carbocycles. The lowest BCUT2D eigenvalue weighted by Crippen LogP contribution is -2.15. The molecule has 0 aliphatic heterocycles. The average molecular weight is 372 g/mol. The van der Waals surface area contributed by atoms with Gasteiger partial charge in [-0.15, -0.1) is 0 Å². The SMILES string of the molecule is Cc1ccc(N)c(C(=O)Nc2c(O)cc(S(=O)(=O)O)c3ccccc23)c1. The van der Waals surface area contributed by atoms with Crippen molar-refractivity contribution in [2.75, 3.05) is 11.1 Å². The second-order valence-corrected chi connectivity index (χ2v) is 7.22. The van der Waals surface area contributed by atoms with Crippen LogP contribution >= 0.6 is 0 Å². The third-order valence-corrected chi connectivity index (χ3v) is 4.85. The van der Waals surface area contributed by atoms with Crippen LogP contribution in [0.1, 0.15) is 15.9 Å². The number of aryl methyl sites for hydroxylation is 1. The molecule has 5 N–H and O–H groups in total. The van der Waals surface area contributed by atoms with Crippen LogP contribution < -0.4 is 11.1 Å². The average Bonchev–Trinajstić information content (AvgIpc) is 2.58. The number of benzene rings is 3. The first-order valence-corrected chi connectivity index (χ1v) is 9.02. The highest BCUT2D eigenvalue weighted by atomic mass is 32.2. The van der Waals surface area contributed by atoms with E-state index in [2.05, 4.69) is 5.32 Å². The second kappa shape index (κ2) is 6.32. The van der Waals surface area contributed by atoms with Gasteiger partial charge < -0.3 is 16.2 Å². The summed E-state index contributed by atoms with van der Waals surface area (Å²) in [7, 11) is -4.55. The summed E-state index contributed by atoms with van der Waals surface area (Å²) in [6.45, 7) is 1.81. The molecule has 7 nitrogen and oxygen atoms in total. The predicted octanol–water partition coefficient (Wildman–Crippen LogP) is 2.94. The van der Waals surface area contributed by atoms with E-state index in [4.69, 9.17) is 5.73 Å². The highest BCUT2D eigenvalue weighted by Gasteiger charge is 2.21. The van der Waals surface area contributed by atoms with Gasteiger partial charge in [-0.3, -0.25) is 9.35 Å². The number of nitrogens with two attached hydrogens (primary N) is 1. The smallest absolute Gasteiger partial charge is 0.295 e. The van der Waals surface area contributed by atoms with Crippen LogP contribution in [0.25, 0.3) is 10.8 Å². The highest BCUT2D eigenvalue weighted by Crippen LogP contribution is 2.37. The van der Waals surface area contributed by atoms with Gasteiger partial charge >= 0.3 is 0 Å². The number of hydrogen-bond acceptors (Lipinski definition) is 5. The molecule has 0 radical (unpaired) electrons. The van der Waals surface area contributed by atoms with E-state index in [1.807, 2.05) is 6.92 Å². The van der Waals surface area contributed by atoms with E-state index in [1.54, 1.807) is 30.3 Å². The largest absolute Gasteiger partial charge is 0.506 e. The zero-order chi connectivity index (χ0) is 19.1. The van der Waals surface area contributed by atoms with Crippen molar-refractivity contribution in [3.63, 3.8) is 0 Å². The maximum absolute atomic E-state index is 12.6. The molecule has 0 saturated heterocycles. The van der Waals surface area contributed by atoms with Crippen LogP contribution in [0.2, 0.25) is 0 Å². The van der Waals surface area contributed by atoms with E-state index >= 15 is 0 Å². The third kappa shape index (κ3) is 3.19. The number of phenolic OH excluding ortho intramolecular Hbond substituents is 1. The van der Waals surface area contributed by atoms with Gasteiger partial charge in [0.05, 0.1) is 11.3 Å². The number of phenols is 1. The quantitative estimate of drug-likeness (QED) is 0.318. The number of carbonyl (C=O) groups is 1. The van der Waals surface area contributed by atoms with Gasteiger partial charge in [0.2, 0.25) is 0 Å². The molecule has 134 valence electrons. The molecule has 1 amide bonds. The summed E-state index contributed by atoms with van der Waals surface area (Å²) < 4.78 is 32.5. The van der Waals surface area contributed by atoms with E-state index in [0.717, 1.165) is 11.6 Å². The lowest BCUT2D eigenvalue weighted by atomic mass is 10.1. The molecule has 3 aromatic carbocycles. The standard InChI is InChI=1S/C18H16N2O5S/c1-10-6-7-14(19)13(8-10)18(22)20-17-12-5-3-2-4-11(12)16(9-15(17)21)26(23,24)25/h2-9,21H,19H2,1H3,(H,20,22)(H,23,24,25). The summed E-state index contributed by atoms with van der Waals surface area (Å²) in [4.78, 5) is 12.1. The second-order valence-electron chi connectivity index (χ2n) is 5.83. The Kier molecular flexibility index (Phi) is 4.31. The Balaban J connectivity index is 2.16. The Morgan fingerprint density at radius 2 is 1.73 bits per heavy atom. The molecule has 0 aliphatic rings. The molecule has 8 heteroatoms. The van der Waals surface area contributed by atoms with Crippen LogP contribution in [-0.2, 0) is 10.1 Å². The van der Waals surface area contributed by atoms with Gasteiger partial charge in [-0.05, 0) is 19.1 Å². The first-order valence-electron chi connectivity index (χ1n) is 7.58. The maximum Gasteiger partial charge on any atom is 0.295 e. The molecule has 0 saturated carbocycles. The molecule has 0 heterocycles. The summed E-state index contributed by atoms with van der Waals surface area (Å²) in [6, 6.07) is 12.1. The number of rotatable bonds is 3. The van der Waals surface area contributed by atoms with Crippen LogP contribution in [0.4, 0.5) is 11.4 Å². The topological polar surface area (TPSA) is 130 Å². The maximum atomic E-state index is 12.6. The lowest BCUT2D eigenvalue weighted by Gasteiger charge is -2.14. The molecule has 0 fully saturated rings. The van der Waals surface area contributed by atoms with Crippen molar-refractivity contribution in [2.45, 2.75) is 11.8 Å². The van der Waals surface area contributed by atoms with E-state index < -0.39 is 26.7 Å². The highest BCUT2D eigenvalue weighted by molar-refractivity contribution is 7.86. The summed E-state index contributed by atoms with van der Waals surface area (Å²) in [5.74, 6) is -1.04. The van der Waals surface area contributed by atoms with Gasteiger partial charge in [0.15, 0.2) is 0 Å². The summed E-state index contributed by atoms with van der Waals surface area (Å²) >= 11 is 0. The molecule has 0 aromatic heterocycles. The number of aromatic hydroxyl groups is 1. The minimum atomic E-state index is -4.55. The van der Waals surface area contributed by atoms with Crippen LogP contribution in [0.5, 0.6) is 5.75 Å². The molecule has 26 heavy (non-hydrogen) atoms. The fourth-order valence-corrected chi connectivity index (χ4v) is 3.44. The van der Waals surface area contributed by atoms with E-state index in [0.29, 0.717) is 0 Å². The minimum Gasteiger partial charge on any atom is -0.506 e. The van der Waals surface area contributed by atoms with Crippen molar-refractivity contribution >= 4 is 38.2 Å². The predicted molar refractivity (Wildman–Crippen MR) is 99.0 cm³/mol. The van der Waals surface area contributed by atoms with Crippen LogP contribution in [0, 0.1) is 6.92 Å². The van der Waals surface area contributed by atoms with E-state index in [9.17, 15) is 22.9 Å². The zero-order valence-electron chi connectivity index (χ0n) is 13.7. The normalized spacial score (nSPS) is 11.5. The van der Waals surface area contributed by atoms with Gasteiger partial charge in [-0.25, -0.2) is 0 Å². The molecule has 0 atom stereocenters. The van der Waals surface area contributed by atoms with Crippen molar-refractivity contribution in [1.82, 2.24) is 0 Å². The molecule has 0 bridgehead atoms. The van der Waals surface area contributed by atoms with Gasteiger partial charge in [0, 0.05) is 22.5 Å². The number of nitrogens with one attached hydrogen (secondary N) is 1. The Morgan fingerprint density at radius 3 is 2.38 bits per heavy atom. The Hall–Kier alpha value is -3.10. The summed E-state index contributed by atoms with van der Waals surface area (Å²) in [5.41, 5.74) is 7.20. The summed E-state index contributed by atoms with van der Waals surface area (Å²) in [5, 5.41) is 13.3. The summed E-state index contributed by atoms with van der Waals surface area (Å²) in [6.07, 6.45) is 0. The lowest BCUT2D eigenvalue weighted by molar-refractivity contribution is 0.102. The van der Waals surface area contributed by atoms with Crippen molar-refractivity contribution in [3.8, 4) is 5.75 Å². The zero-order valence-corrected chi connectivity index (χ0v) is 14.5. The number of amides is 1. The Bertz CT molecular complexity index is 1140. The van der Waals surface area contributed by atoms with Crippen molar-refractivity contribution in [1.29, 1.82) is 0 Å². The number of anilines is 2. The molecule has 0 spiro atoms. The Morgan fingerprint density at radius 1 is 1.08 bits per heavy atom. The number of nitrogen functional groups attached to an aromatic ring is 1. The third-order valence-electron chi connectivity index (χ3n) is 3.96. The van der Waals surface area contributed by atoms with Gasteiger partial charge in [0.25, 0.3) is 16.0 Å². The molecule has 3 rings (SSSR count). The molecular weight excluding hydrogens is 356 g/mol. The first-order chi connectivity index (χ1) is 12.2. The van der Waals surface area contributed by atoms with Gasteiger partial charge in [-0.1, -0.05) is 35.9 Å². The molecular formula is C18H16N2O5S. The molecule has 3 aromatic rings. The van der Waals surface area contributed by atoms with Crippen molar-refractivity contribution in [3.05, 3.63) is 59.7 Å². The van der Waals surface area contributed by atoms with Gasteiger partial charge in [-0.2, -0.15) is 8.42 Å². The van der Waals surface area contributed by atoms with Crippen LogP contribution in [-0.4, -0.2) is 24.0 Å². The monoisotopic (exact) mass is 372 g/mol. The minimum absolute atomic E-state index is 0.0268. The Labute approximate surface area is 149 Å². The number of hydrogen-bond donors (Lipinski definition) is 4. The van der Waals surface area contributed by atoms with Crippen LogP contribution in [0.3, 0.4) is 0 Å². The number of carbonyl (C=O) groups excluding carboxylic acids is 1. The molecule has 0 unspecified atom stereocenters. The van der Waals surface area contributed by atoms with Crippen LogP contribution in [0.15, 0.2) is 53.4 Å². The fraction of sp³-hybridized carbons (Fsp3) is 0.0556. The van der Waals surface area contributed by atoms with E-state index in [1.165, 1.54) is 12.1 Å². The van der Waals surface area contributed by atoms with Crippen molar-refractivity contribution in [2.24, 2.45) is 0 Å². The first kappa shape index (κ1) is 17.7. The van der Waals surface area contributed by atoms with E-state index in [-0.39, 0.29) is 27.7 Å². The van der Waals surface area contributed by atoms with Crippen molar-refractivity contribution < 1.29 is 22.9 Å². The fourth-order valence-electron chi connectivity index (χ4n) is 2.72.